The zero-order chi connectivity index (χ0) is 19.7. The van der Waals surface area contributed by atoms with Gasteiger partial charge in [0.1, 0.15) is 5.01 Å². The molecule has 0 saturated carbocycles. The molecule has 0 spiro atoms. The second-order valence-corrected chi connectivity index (χ2v) is 8.95. The van der Waals surface area contributed by atoms with Crippen LogP contribution >= 0.6 is 11.3 Å². The molecule has 146 valence electrons. The second kappa shape index (κ2) is 8.02. The number of benzene rings is 2. The lowest BCUT2D eigenvalue weighted by Crippen LogP contribution is -2.33. The maximum Gasteiger partial charge on any atom is 0.238 e. The number of amides is 1. The van der Waals surface area contributed by atoms with Crippen LogP contribution in [0.3, 0.4) is 0 Å². The van der Waals surface area contributed by atoms with Gasteiger partial charge in [-0.15, -0.1) is 11.3 Å². The van der Waals surface area contributed by atoms with Crippen molar-refractivity contribution in [1.29, 1.82) is 0 Å². The molecule has 0 bridgehead atoms. The van der Waals surface area contributed by atoms with E-state index in [1.54, 1.807) is 11.3 Å². The number of likely N-dealkylation sites (tertiary alicyclic amines) is 1. The van der Waals surface area contributed by atoms with Gasteiger partial charge in [-0.25, -0.2) is 4.98 Å². The normalized spacial score (nSPS) is 17.5. The Kier molecular flexibility index (Phi) is 5.47. The quantitative estimate of drug-likeness (QED) is 0.622. The van der Waals surface area contributed by atoms with E-state index in [0.717, 1.165) is 41.2 Å². The van der Waals surface area contributed by atoms with Gasteiger partial charge in [0.25, 0.3) is 0 Å². The average Bonchev–Trinajstić information content (AvgIpc) is 3.29. The Hall–Kier alpha value is -2.24. The number of nitrogens with one attached hydrogen (secondary N) is 1. The molecule has 1 fully saturated rings. The summed E-state index contributed by atoms with van der Waals surface area (Å²) >= 11 is 1.75. The SMILES string of the molecule is Cc1cccc(C(C)C)c1NC(=O)CN1CCC[C@H]1c1nc2ccccc2s1. The lowest BCUT2D eigenvalue weighted by molar-refractivity contribution is -0.117. The molecular weight excluding hydrogens is 366 g/mol. The Morgan fingerprint density at radius 3 is 2.86 bits per heavy atom. The maximum absolute atomic E-state index is 12.9. The van der Waals surface area contributed by atoms with Crippen LogP contribution in [0.15, 0.2) is 42.5 Å². The van der Waals surface area contributed by atoms with Crippen molar-refractivity contribution in [3.8, 4) is 0 Å². The molecule has 1 saturated heterocycles. The summed E-state index contributed by atoms with van der Waals surface area (Å²) < 4.78 is 1.22. The summed E-state index contributed by atoms with van der Waals surface area (Å²) in [6.07, 6.45) is 2.17. The van der Waals surface area contributed by atoms with Gasteiger partial charge in [0.15, 0.2) is 0 Å². The number of fused-ring (bicyclic) bond motifs is 1. The standard InChI is InChI=1S/C23H27N3OS/c1-15(2)17-9-6-8-16(3)22(17)25-21(27)14-26-13-7-11-19(26)23-24-18-10-4-5-12-20(18)28-23/h4-6,8-10,12,15,19H,7,11,13-14H2,1-3H3,(H,25,27)/t19-/m0/s1. The van der Waals surface area contributed by atoms with Crippen LogP contribution in [-0.2, 0) is 4.79 Å². The van der Waals surface area contributed by atoms with E-state index >= 15 is 0 Å². The number of nitrogens with zero attached hydrogens (tertiary/aromatic N) is 2. The van der Waals surface area contributed by atoms with Gasteiger partial charge in [-0.3, -0.25) is 9.69 Å². The molecule has 2 heterocycles. The monoisotopic (exact) mass is 393 g/mol. The highest BCUT2D eigenvalue weighted by Crippen LogP contribution is 2.36. The van der Waals surface area contributed by atoms with E-state index in [2.05, 4.69) is 67.4 Å². The summed E-state index contributed by atoms with van der Waals surface area (Å²) in [7, 11) is 0. The molecule has 1 amide bonds. The van der Waals surface area contributed by atoms with Crippen LogP contribution in [0.2, 0.25) is 0 Å². The Balaban J connectivity index is 1.50. The predicted molar refractivity (Wildman–Crippen MR) is 117 cm³/mol. The third-order valence-corrected chi connectivity index (χ3v) is 6.63. The van der Waals surface area contributed by atoms with Crippen LogP contribution in [0, 0.1) is 6.92 Å². The lowest BCUT2D eigenvalue weighted by atomic mass is 9.98. The molecule has 0 radical (unpaired) electrons. The molecule has 0 aliphatic carbocycles. The van der Waals surface area contributed by atoms with Crippen molar-refractivity contribution in [1.82, 2.24) is 9.88 Å². The fourth-order valence-corrected chi connectivity index (χ4v) is 5.17. The van der Waals surface area contributed by atoms with E-state index in [4.69, 9.17) is 4.98 Å². The summed E-state index contributed by atoms with van der Waals surface area (Å²) in [4.78, 5) is 20.0. The van der Waals surface area contributed by atoms with Gasteiger partial charge >= 0.3 is 0 Å². The highest BCUT2D eigenvalue weighted by molar-refractivity contribution is 7.18. The molecule has 4 nitrogen and oxygen atoms in total. The molecule has 3 aromatic rings. The molecule has 1 aromatic heterocycles. The number of hydrogen-bond donors (Lipinski definition) is 1. The van der Waals surface area contributed by atoms with Crippen molar-refractivity contribution < 1.29 is 4.79 Å². The van der Waals surface area contributed by atoms with Crippen molar-refractivity contribution in [3.63, 3.8) is 0 Å². The van der Waals surface area contributed by atoms with Crippen LogP contribution in [-0.4, -0.2) is 28.9 Å². The molecule has 0 unspecified atom stereocenters. The maximum atomic E-state index is 12.9. The minimum atomic E-state index is 0.0595. The molecule has 1 N–H and O–H groups in total. The first-order chi connectivity index (χ1) is 13.5. The second-order valence-electron chi connectivity index (χ2n) is 7.89. The molecule has 1 aliphatic heterocycles. The van der Waals surface area contributed by atoms with Gasteiger partial charge in [0.2, 0.25) is 5.91 Å². The molecule has 1 aliphatic rings. The summed E-state index contributed by atoms with van der Waals surface area (Å²) in [6.45, 7) is 7.73. The van der Waals surface area contributed by atoms with Crippen LogP contribution < -0.4 is 5.32 Å². The number of thiazole rings is 1. The third-order valence-electron chi connectivity index (χ3n) is 5.50. The molecule has 2 aromatic carbocycles. The van der Waals surface area contributed by atoms with E-state index in [1.165, 1.54) is 10.3 Å². The highest BCUT2D eigenvalue weighted by Gasteiger charge is 2.30. The van der Waals surface area contributed by atoms with Crippen molar-refractivity contribution >= 4 is 33.1 Å². The van der Waals surface area contributed by atoms with Crippen molar-refractivity contribution in [2.75, 3.05) is 18.4 Å². The van der Waals surface area contributed by atoms with E-state index in [0.29, 0.717) is 12.5 Å². The Morgan fingerprint density at radius 2 is 2.07 bits per heavy atom. The number of para-hydroxylation sites is 2. The number of rotatable bonds is 5. The summed E-state index contributed by atoms with van der Waals surface area (Å²) in [5.74, 6) is 0.432. The first-order valence-corrected chi connectivity index (χ1v) is 10.8. The summed E-state index contributed by atoms with van der Waals surface area (Å²) in [5.41, 5.74) is 4.33. The van der Waals surface area contributed by atoms with Crippen LogP contribution in [0.4, 0.5) is 5.69 Å². The Labute approximate surface area is 170 Å². The fraction of sp³-hybridized carbons (Fsp3) is 0.391. The van der Waals surface area contributed by atoms with E-state index in [-0.39, 0.29) is 11.9 Å². The van der Waals surface area contributed by atoms with Crippen LogP contribution in [0.5, 0.6) is 0 Å². The number of hydrogen-bond acceptors (Lipinski definition) is 4. The zero-order valence-electron chi connectivity index (χ0n) is 16.7. The topological polar surface area (TPSA) is 45.2 Å². The van der Waals surface area contributed by atoms with E-state index in [1.807, 2.05) is 6.07 Å². The van der Waals surface area contributed by atoms with Gasteiger partial charge in [0, 0.05) is 5.69 Å². The third kappa shape index (κ3) is 3.82. The van der Waals surface area contributed by atoms with E-state index < -0.39 is 0 Å². The van der Waals surface area contributed by atoms with Gasteiger partial charge in [-0.1, -0.05) is 44.2 Å². The van der Waals surface area contributed by atoms with Crippen molar-refractivity contribution in [2.24, 2.45) is 0 Å². The van der Waals surface area contributed by atoms with Crippen LogP contribution in [0.1, 0.15) is 54.8 Å². The van der Waals surface area contributed by atoms with Crippen molar-refractivity contribution in [2.45, 2.75) is 45.6 Å². The van der Waals surface area contributed by atoms with Crippen LogP contribution in [0.25, 0.3) is 10.2 Å². The number of aromatic nitrogens is 1. The number of carbonyl (C=O) groups excluding carboxylic acids is 1. The van der Waals surface area contributed by atoms with Gasteiger partial charge in [-0.05, 0) is 55.5 Å². The molecular formula is C23H27N3OS. The highest BCUT2D eigenvalue weighted by atomic mass is 32.1. The average molecular weight is 394 g/mol. The first kappa shape index (κ1) is 19.1. The molecule has 5 heteroatoms. The Bertz CT molecular complexity index is 961. The van der Waals surface area contributed by atoms with E-state index in [9.17, 15) is 4.79 Å². The number of anilines is 1. The molecule has 28 heavy (non-hydrogen) atoms. The minimum absolute atomic E-state index is 0.0595. The van der Waals surface area contributed by atoms with Gasteiger partial charge < -0.3 is 5.32 Å². The Morgan fingerprint density at radius 1 is 1.25 bits per heavy atom. The fourth-order valence-electron chi connectivity index (χ4n) is 4.03. The minimum Gasteiger partial charge on any atom is -0.324 e. The lowest BCUT2D eigenvalue weighted by Gasteiger charge is -2.23. The van der Waals surface area contributed by atoms with Crippen molar-refractivity contribution in [3.05, 3.63) is 58.6 Å². The summed E-state index contributed by atoms with van der Waals surface area (Å²) in [6, 6.07) is 14.7. The van der Waals surface area contributed by atoms with Gasteiger partial charge in [-0.2, -0.15) is 0 Å². The predicted octanol–water partition coefficient (Wildman–Crippen LogP) is 5.50. The first-order valence-electron chi connectivity index (χ1n) is 10.0. The summed E-state index contributed by atoms with van der Waals surface area (Å²) in [5, 5.41) is 4.32. The van der Waals surface area contributed by atoms with Gasteiger partial charge in [0.05, 0.1) is 22.8 Å². The number of aryl methyl sites for hydroxylation is 1. The molecule has 1 atom stereocenters. The zero-order valence-corrected chi connectivity index (χ0v) is 17.6. The number of carbonyl (C=O) groups is 1. The molecule has 4 rings (SSSR count). The largest absolute Gasteiger partial charge is 0.324 e. The smallest absolute Gasteiger partial charge is 0.238 e.